The van der Waals surface area contributed by atoms with Crippen LogP contribution in [-0.2, 0) is 19.6 Å². The van der Waals surface area contributed by atoms with Crippen molar-refractivity contribution in [2.24, 2.45) is 0 Å². The van der Waals surface area contributed by atoms with Gasteiger partial charge in [0, 0.05) is 18.0 Å². The summed E-state index contributed by atoms with van der Waals surface area (Å²) < 4.78 is 35.9. The first-order valence-electron chi connectivity index (χ1n) is 6.26. The summed E-state index contributed by atoms with van der Waals surface area (Å²) in [6.45, 7) is 5.22. The Labute approximate surface area is 118 Å². The number of hydrogen-bond acceptors (Lipinski definition) is 6. The molecule has 0 aliphatic heterocycles. The molecular weight excluding hydrogens is 284 g/mol. The summed E-state index contributed by atoms with van der Waals surface area (Å²) >= 11 is 0. The number of rotatable bonds is 7. The van der Waals surface area contributed by atoms with Crippen LogP contribution in [0.5, 0.6) is 0 Å². The molecule has 7 nitrogen and oxygen atoms in total. The number of aryl methyl sites for hydroxylation is 2. The van der Waals surface area contributed by atoms with Crippen molar-refractivity contribution in [3.8, 4) is 0 Å². The number of carbonyl (C=O) groups excluding carboxylic acids is 1. The first kappa shape index (κ1) is 16.6. The Morgan fingerprint density at radius 3 is 2.60 bits per heavy atom. The molecule has 1 aromatic rings. The van der Waals surface area contributed by atoms with Crippen LogP contribution in [0.4, 0.5) is 0 Å². The maximum Gasteiger partial charge on any atom is 0.305 e. The van der Waals surface area contributed by atoms with E-state index in [-0.39, 0.29) is 18.6 Å². The predicted molar refractivity (Wildman–Crippen MR) is 72.6 cm³/mol. The van der Waals surface area contributed by atoms with Gasteiger partial charge in [0.1, 0.15) is 5.76 Å². The molecule has 0 amide bonds. The lowest BCUT2D eigenvalue weighted by atomic mass is 10.1. The normalized spacial score (nSPS) is 13.2. The van der Waals surface area contributed by atoms with Crippen LogP contribution in [0.2, 0.25) is 0 Å². The van der Waals surface area contributed by atoms with E-state index < -0.39 is 22.0 Å². The van der Waals surface area contributed by atoms with Crippen LogP contribution < -0.4 is 4.72 Å². The third-order valence-corrected chi connectivity index (χ3v) is 4.44. The molecule has 20 heavy (non-hydrogen) atoms. The number of aromatic nitrogens is 1. The van der Waals surface area contributed by atoms with Gasteiger partial charge in [-0.05, 0) is 27.2 Å². The fraction of sp³-hybridized carbons (Fsp3) is 0.667. The molecule has 1 atom stereocenters. The number of carbonyl (C=O) groups is 1. The number of methoxy groups -OCH3 is 1. The standard InChI is InChI=1S/C12H20N2O5S/c1-8-12(10(3)19-13-8)9(2)14-20(16,17)7-5-6-11(15)18-4/h9,14H,5-7H2,1-4H3. The third-order valence-electron chi connectivity index (χ3n) is 2.90. The minimum atomic E-state index is -3.47. The molecule has 0 bridgehead atoms. The van der Waals surface area contributed by atoms with Gasteiger partial charge < -0.3 is 9.26 Å². The van der Waals surface area contributed by atoms with Gasteiger partial charge in [-0.3, -0.25) is 4.79 Å². The molecule has 0 aromatic carbocycles. The van der Waals surface area contributed by atoms with Crippen LogP contribution in [0.3, 0.4) is 0 Å². The Bertz CT molecular complexity index is 545. The van der Waals surface area contributed by atoms with E-state index >= 15 is 0 Å². The zero-order valence-corrected chi connectivity index (χ0v) is 12.9. The number of nitrogens with one attached hydrogen (secondary N) is 1. The monoisotopic (exact) mass is 304 g/mol. The summed E-state index contributed by atoms with van der Waals surface area (Å²) in [7, 11) is -2.20. The van der Waals surface area contributed by atoms with E-state index in [0.29, 0.717) is 11.5 Å². The van der Waals surface area contributed by atoms with Gasteiger partial charge >= 0.3 is 5.97 Å². The van der Waals surface area contributed by atoms with Crippen molar-refractivity contribution >= 4 is 16.0 Å². The van der Waals surface area contributed by atoms with Gasteiger partial charge in [0.2, 0.25) is 10.0 Å². The fourth-order valence-electron chi connectivity index (χ4n) is 2.00. The van der Waals surface area contributed by atoms with E-state index in [4.69, 9.17) is 4.52 Å². The van der Waals surface area contributed by atoms with Crippen molar-refractivity contribution in [2.45, 2.75) is 39.7 Å². The molecule has 0 radical (unpaired) electrons. The van der Waals surface area contributed by atoms with Crippen molar-refractivity contribution in [3.63, 3.8) is 0 Å². The number of nitrogens with zero attached hydrogens (tertiary/aromatic N) is 1. The molecule has 0 spiro atoms. The highest BCUT2D eigenvalue weighted by Gasteiger charge is 2.21. The molecule has 0 fully saturated rings. The predicted octanol–water partition coefficient (Wildman–Crippen LogP) is 1.23. The average molecular weight is 304 g/mol. The summed E-state index contributed by atoms with van der Waals surface area (Å²) in [6, 6.07) is -0.427. The zero-order valence-electron chi connectivity index (χ0n) is 12.1. The van der Waals surface area contributed by atoms with Gasteiger partial charge in [0.25, 0.3) is 0 Å². The Hall–Kier alpha value is -1.41. The lowest BCUT2D eigenvalue weighted by molar-refractivity contribution is -0.140. The average Bonchev–Trinajstić information content (AvgIpc) is 2.67. The second kappa shape index (κ2) is 6.85. The van der Waals surface area contributed by atoms with Crippen LogP contribution in [0.25, 0.3) is 0 Å². The van der Waals surface area contributed by atoms with Crippen molar-refractivity contribution < 1.29 is 22.5 Å². The quantitative estimate of drug-likeness (QED) is 0.761. The van der Waals surface area contributed by atoms with Crippen LogP contribution >= 0.6 is 0 Å². The van der Waals surface area contributed by atoms with Gasteiger partial charge in [0.15, 0.2) is 0 Å². The molecule has 1 heterocycles. The second-order valence-electron chi connectivity index (χ2n) is 4.58. The fourth-order valence-corrected chi connectivity index (χ4v) is 3.30. The number of sulfonamides is 1. The van der Waals surface area contributed by atoms with E-state index in [1.54, 1.807) is 20.8 Å². The molecule has 1 rings (SSSR count). The van der Waals surface area contributed by atoms with E-state index in [1.165, 1.54) is 7.11 Å². The molecule has 8 heteroatoms. The highest BCUT2D eigenvalue weighted by Crippen LogP contribution is 2.21. The molecule has 1 unspecified atom stereocenters. The maximum atomic E-state index is 11.9. The SMILES string of the molecule is COC(=O)CCCS(=O)(=O)NC(C)c1c(C)noc1C. The lowest BCUT2D eigenvalue weighted by Gasteiger charge is -2.13. The Morgan fingerprint density at radius 2 is 2.10 bits per heavy atom. The molecule has 114 valence electrons. The number of ether oxygens (including phenoxy) is 1. The van der Waals surface area contributed by atoms with Gasteiger partial charge in [0.05, 0.1) is 18.6 Å². The van der Waals surface area contributed by atoms with Crippen LogP contribution in [0, 0.1) is 13.8 Å². The summed E-state index contributed by atoms with van der Waals surface area (Å²) in [5, 5.41) is 3.79. The van der Waals surface area contributed by atoms with E-state index in [0.717, 1.165) is 5.56 Å². The van der Waals surface area contributed by atoms with Gasteiger partial charge in [-0.1, -0.05) is 5.16 Å². The summed E-state index contributed by atoms with van der Waals surface area (Å²) in [6.07, 6.45) is 0.299. The van der Waals surface area contributed by atoms with Crippen LogP contribution in [-0.4, -0.2) is 32.4 Å². The third kappa shape index (κ3) is 4.61. The van der Waals surface area contributed by atoms with Gasteiger partial charge in [-0.25, -0.2) is 13.1 Å². The van der Waals surface area contributed by atoms with Crippen LogP contribution in [0.15, 0.2) is 4.52 Å². The molecule has 0 saturated heterocycles. The first-order chi connectivity index (χ1) is 9.26. The van der Waals surface area contributed by atoms with Crippen molar-refractivity contribution in [3.05, 3.63) is 17.0 Å². The van der Waals surface area contributed by atoms with Crippen LogP contribution in [0.1, 0.15) is 42.8 Å². The highest BCUT2D eigenvalue weighted by atomic mass is 32.2. The minimum absolute atomic E-state index is 0.0805. The Balaban J connectivity index is 2.60. The van der Waals surface area contributed by atoms with E-state index in [1.807, 2.05) is 0 Å². The first-order valence-corrected chi connectivity index (χ1v) is 7.91. The Kier molecular flexibility index (Phi) is 5.70. The summed E-state index contributed by atoms with van der Waals surface area (Å²) in [5.41, 5.74) is 1.40. The number of hydrogen-bond donors (Lipinski definition) is 1. The summed E-state index contributed by atoms with van der Waals surface area (Å²) in [4.78, 5) is 10.9. The van der Waals surface area contributed by atoms with Gasteiger partial charge in [-0.2, -0.15) is 0 Å². The molecule has 0 aliphatic rings. The van der Waals surface area contributed by atoms with Gasteiger partial charge in [-0.15, -0.1) is 0 Å². The molecule has 0 saturated carbocycles. The summed E-state index contributed by atoms with van der Waals surface area (Å²) in [5.74, 6) is 0.0433. The number of esters is 1. The topological polar surface area (TPSA) is 98.5 Å². The smallest absolute Gasteiger partial charge is 0.305 e. The van der Waals surface area contributed by atoms with Crippen molar-refractivity contribution in [1.29, 1.82) is 0 Å². The molecule has 0 aliphatic carbocycles. The minimum Gasteiger partial charge on any atom is -0.469 e. The molecule has 1 N–H and O–H groups in total. The maximum absolute atomic E-state index is 11.9. The lowest BCUT2D eigenvalue weighted by Crippen LogP contribution is -2.30. The zero-order chi connectivity index (χ0) is 15.3. The van der Waals surface area contributed by atoms with E-state index in [9.17, 15) is 13.2 Å². The highest BCUT2D eigenvalue weighted by molar-refractivity contribution is 7.89. The Morgan fingerprint density at radius 1 is 1.45 bits per heavy atom. The van der Waals surface area contributed by atoms with Crippen molar-refractivity contribution in [1.82, 2.24) is 9.88 Å². The van der Waals surface area contributed by atoms with Crippen molar-refractivity contribution in [2.75, 3.05) is 12.9 Å². The second-order valence-corrected chi connectivity index (χ2v) is 6.45. The molecular formula is C12H20N2O5S. The molecule has 1 aromatic heterocycles. The van der Waals surface area contributed by atoms with E-state index in [2.05, 4.69) is 14.6 Å². The largest absolute Gasteiger partial charge is 0.469 e.